The number of aryl methyl sites for hydroxylation is 1. The van der Waals surface area contributed by atoms with Gasteiger partial charge in [-0.05, 0) is 48.9 Å². The van der Waals surface area contributed by atoms with E-state index in [9.17, 15) is 8.42 Å². The maximum atomic E-state index is 12.1. The lowest BCUT2D eigenvalue weighted by Gasteiger charge is -2.09. The number of sulfonamides is 1. The Morgan fingerprint density at radius 1 is 1.14 bits per heavy atom. The van der Waals surface area contributed by atoms with Crippen LogP contribution < -0.4 is 9.46 Å². The first kappa shape index (κ1) is 16.0. The molecule has 0 aliphatic rings. The third kappa shape index (κ3) is 4.84. The summed E-state index contributed by atoms with van der Waals surface area (Å²) in [4.78, 5) is 0.270. The number of halogens is 1. The number of rotatable bonds is 6. The van der Waals surface area contributed by atoms with Gasteiger partial charge in [-0.1, -0.05) is 28.1 Å². The molecule has 2 aromatic carbocycles. The average molecular weight is 370 g/mol. The van der Waals surface area contributed by atoms with Crippen molar-refractivity contribution < 1.29 is 13.2 Å². The normalized spacial score (nSPS) is 11.3. The van der Waals surface area contributed by atoms with Crippen LogP contribution in [-0.4, -0.2) is 21.6 Å². The van der Waals surface area contributed by atoms with Crippen LogP contribution in [0.4, 0.5) is 0 Å². The van der Waals surface area contributed by atoms with E-state index in [4.69, 9.17) is 4.74 Å². The predicted octanol–water partition coefficient (Wildman–Crippen LogP) is 3.11. The van der Waals surface area contributed by atoms with Crippen molar-refractivity contribution in [2.24, 2.45) is 0 Å². The molecule has 0 saturated heterocycles. The van der Waals surface area contributed by atoms with Gasteiger partial charge in [0, 0.05) is 11.0 Å². The molecular formula is C15H16BrNO3S. The van der Waals surface area contributed by atoms with Crippen molar-refractivity contribution in [2.75, 3.05) is 13.2 Å². The van der Waals surface area contributed by atoms with E-state index in [0.717, 1.165) is 10.0 Å². The Kier molecular flexibility index (Phi) is 5.39. The molecule has 0 radical (unpaired) electrons. The van der Waals surface area contributed by atoms with Crippen LogP contribution in [0.2, 0.25) is 0 Å². The molecule has 1 N–H and O–H groups in total. The van der Waals surface area contributed by atoms with E-state index in [1.54, 1.807) is 18.2 Å². The summed E-state index contributed by atoms with van der Waals surface area (Å²) in [5, 5.41) is 0. The Morgan fingerprint density at radius 2 is 1.86 bits per heavy atom. The maximum Gasteiger partial charge on any atom is 0.240 e. The summed E-state index contributed by atoms with van der Waals surface area (Å²) >= 11 is 3.34. The molecule has 2 aromatic rings. The zero-order valence-corrected chi connectivity index (χ0v) is 13.9. The Balaban J connectivity index is 1.86. The fraction of sp³-hybridized carbons (Fsp3) is 0.200. The van der Waals surface area contributed by atoms with Gasteiger partial charge < -0.3 is 4.74 Å². The maximum absolute atomic E-state index is 12.1. The van der Waals surface area contributed by atoms with Crippen LogP contribution in [0.3, 0.4) is 0 Å². The highest BCUT2D eigenvalue weighted by Gasteiger charge is 2.12. The summed E-state index contributed by atoms with van der Waals surface area (Å²) in [6.45, 7) is 2.34. The van der Waals surface area contributed by atoms with Gasteiger partial charge in [0.1, 0.15) is 12.4 Å². The first-order chi connectivity index (χ1) is 9.97. The molecule has 0 aliphatic heterocycles. The zero-order valence-electron chi connectivity index (χ0n) is 11.5. The van der Waals surface area contributed by atoms with Gasteiger partial charge in [-0.25, -0.2) is 13.1 Å². The highest BCUT2D eigenvalue weighted by atomic mass is 79.9. The smallest absolute Gasteiger partial charge is 0.240 e. The second-order valence-electron chi connectivity index (χ2n) is 4.52. The van der Waals surface area contributed by atoms with Crippen LogP contribution in [0.25, 0.3) is 0 Å². The molecule has 0 fully saturated rings. The average Bonchev–Trinajstić information content (AvgIpc) is 2.45. The fourth-order valence-corrected chi connectivity index (χ4v) is 3.12. The number of ether oxygens (including phenoxy) is 1. The minimum Gasteiger partial charge on any atom is -0.492 e. The van der Waals surface area contributed by atoms with Crippen LogP contribution in [0.5, 0.6) is 5.75 Å². The molecule has 0 heterocycles. The molecular weight excluding hydrogens is 354 g/mol. The van der Waals surface area contributed by atoms with Gasteiger partial charge in [0.15, 0.2) is 0 Å². The topological polar surface area (TPSA) is 55.4 Å². The lowest BCUT2D eigenvalue weighted by atomic mass is 10.2. The van der Waals surface area contributed by atoms with E-state index in [2.05, 4.69) is 20.7 Å². The molecule has 4 nitrogen and oxygen atoms in total. The molecule has 0 atom stereocenters. The van der Waals surface area contributed by atoms with Gasteiger partial charge in [0.2, 0.25) is 10.0 Å². The third-order valence-electron chi connectivity index (χ3n) is 2.78. The fourth-order valence-electron chi connectivity index (χ4n) is 1.74. The molecule has 0 spiro atoms. The quantitative estimate of drug-likeness (QED) is 0.795. The van der Waals surface area contributed by atoms with Crippen LogP contribution in [0.1, 0.15) is 5.56 Å². The SMILES string of the molecule is Cc1cccc(S(=O)(=O)NCCOc2ccc(Br)cc2)c1. The lowest BCUT2D eigenvalue weighted by Crippen LogP contribution is -2.28. The van der Waals surface area contributed by atoms with Gasteiger partial charge in [-0.15, -0.1) is 0 Å². The molecule has 6 heteroatoms. The van der Waals surface area contributed by atoms with Gasteiger partial charge in [-0.3, -0.25) is 0 Å². The Morgan fingerprint density at radius 3 is 2.52 bits per heavy atom. The molecule has 2 rings (SSSR count). The number of nitrogens with one attached hydrogen (secondary N) is 1. The minimum atomic E-state index is -3.48. The zero-order chi connectivity index (χ0) is 15.3. The lowest BCUT2D eigenvalue weighted by molar-refractivity contribution is 0.323. The summed E-state index contributed by atoms with van der Waals surface area (Å²) in [6, 6.07) is 14.2. The Bertz CT molecular complexity index is 699. The standard InChI is InChI=1S/C15H16BrNO3S/c1-12-3-2-4-15(11-12)21(18,19)17-9-10-20-14-7-5-13(16)6-8-14/h2-8,11,17H,9-10H2,1H3. The van der Waals surface area contributed by atoms with Gasteiger partial charge in [0.25, 0.3) is 0 Å². The van der Waals surface area contributed by atoms with Crippen LogP contribution >= 0.6 is 15.9 Å². The van der Waals surface area contributed by atoms with Gasteiger partial charge >= 0.3 is 0 Å². The predicted molar refractivity (Wildman–Crippen MR) is 86.0 cm³/mol. The summed E-state index contributed by atoms with van der Waals surface area (Å²) in [5.41, 5.74) is 0.906. The summed E-state index contributed by atoms with van der Waals surface area (Å²) < 4.78 is 33.1. The molecule has 0 saturated carbocycles. The van der Waals surface area contributed by atoms with Crippen molar-refractivity contribution in [1.29, 1.82) is 0 Å². The van der Waals surface area contributed by atoms with Crippen molar-refractivity contribution in [2.45, 2.75) is 11.8 Å². The first-order valence-electron chi connectivity index (χ1n) is 6.42. The highest BCUT2D eigenvalue weighted by Crippen LogP contribution is 2.16. The minimum absolute atomic E-state index is 0.215. The third-order valence-corrected chi connectivity index (χ3v) is 4.76. The molecule has 0 amide bonds. The van der Waals surface area contributed by atoms with E-state index in [0.29, 0.717) is 5.75 Å². The molecule has 0 bridgehead atoms. The van der Waals surface area contributed by atoms with Crippen molar-refractivity contribution in [3.8, 4) is 5.75 Å². The van der Waals surface area contributed by atoms with E-state index in [1.165, 1.54) is 0 Å². The number of hydrogen-bond acceptors (Lipinski definition) is 3. The Labute approximate surface area is 133 Å². The van der Waals surface area contributed by atoms with Crippen molar-refractivity contribution >= 4 is 26.0 Å². The van der Waals surface area contributed by atoms with Gasteiger partial charge in [-0.2, -0.15) is 0 Å². The molecule has 112 valence electrons. The molecule has 0 unspecified atom stereocenters. The van der Waals surface area contributed by atoms with Crippen molar-refractivity contribution in [1.82, 2.24) is 4.72 Å². The van der Waals surface area contributed by atoms with Gasteiger partial charge in [0.05, 0.1) is 4.90 Å². The highest BCUT2D eigenvalue weighted by molar-refractivity contribution is 9.10. The van der Waals surface area contributed by atoms with E-state index in [1.807, 2.05) is 37.3 Å². The van der Waals surface area contributed by atoms with E-state index in [-0.39, 0.29) is 18.0 Å². The summed E-state index contributed by atoms with van der Waals surface area (Å²) in [6.07, 6.45) is 0. The molecule has 0 aliphatic carbocycles. The Hall–Kier alpha value is -1.37. The number of hydrogen-bond donors (Lipinski definition) is 1. The van der Waals surface area contributed by atoms with Crippen molar-refractivity contribution in [3.05, 3.63) is 58.6 Å². The largest absolute Gasteiger partial charge is 0.492 e. The van der Waals surface area contributed by atoms with Crippen LogP contribution in [0, 0.1) is 6.92 Å². The second-order valence-corrected chi connectivity index (χ2v) is 7.20. The molecule has 21 heavy (non-hydrogen) atoms. The van der Waals surface area contributed by atoms with E-state index >= 15 is 0 Å². The number of benzene rings is 2. The second kappa shape index (κ2) is 7.06. The monoisotopic (exact) mass is 369 g/mol. The van der Waals surface area contributed by atoms with Crippen molar-refractivity contribution in [3.63, 3.8) is 0 Å². The summed E-state index contributed by atoms with van der Waals surface area (Å²) in [5.74, 6) is 0.702. The first-order valence-corrected chi connectivity index (χ1v) is 8.70. The van der Waals surface area contributed by atoms with Crippen LogP contribution in [0.15, 0.2) is 57.9 Å². The molecule has 0 aromatic heterocycles. The summed E-state index contributed by atoms with van der Waals surface area (Å²) in [7, 11) is -3.48. The van der Waals surface area contributed by atoms with E-state index < -0.39 is 10.0 Å². The van der Waals surface area contributed by atoms with Crippen LogP contribution in [-0.2, 0) is 10.0 Å².